The second-order valence-corrected chi connectivity index (χ2v) is 15.5. The van der Waals surface area contributed by atoms with Gasteiger partial charge in [-0.3, -0.25) is 9.59 Å². The SMILES string of the molecule is CC(C)(C)S(C)(C)C.CNCCOC.O=Cc1ccc(-c2nc(C(=O)NC(CS)C(=O)O)cs2)cc1. The standard InChI is InChI=1S/C14H12N2O4S2.C7H18S.C4H11NO/c17-5-8-1-3-9(4-2-8)13-16-11(7-22-13)12(18)15-10(6-21)14(19)20;1-7(2,3)8(4,5)6;1-5-3-4-6-2/h1-5,7,10,21H,6H2,(H,15,18)(H,19,20);1-6H3;5H,3-4H2,1-2H3. The van der Waals surface area contributed by atoms with E-state index >= 15 is 0 Å². The number of benzene rings is 1. The maximum absolute atomic E-state index is 12.0. The highest BCUT2D eigenvalue weighted by Gasteiger charge is 2.22. The molecule has 0 aliphatic rings. The summed E-state index contributed by atoms with van der Waals surface area (Å²) in [7, 11) is 3.25. The Morgan fingerprint density at radius 3 is 2.14 bits per heavy atom. The topological polar surface area (TPSA) is 118 Å². The Morgan fingerprint density at radius 1 is 1.22 bits per heavy atom. The highest BCUT2D eigenvalue weighted by molar-refractivity contribution is 8.33. The summed E-state index contributed by atoms with van der Waals surface area (Å²) in [5.74, 6) is -1.72. The van der Waals surface area contributed by atoms with E-state index in [9.17, 15) is 14.4 Å². The number of carbonyl (C=O) groups is 3. The fourth-order valence-corrected chi connectivity index (χ4v) is 2.89. The Hall–Kier alpha value is -1.92. The number of nitrogens with one attached hydrogen (secondary N) is 2. The number of aliphatic carboxylic acids is 1. The highest BCUT2D eigenvalue weighted by atomic mass is 32.3. The third-order valence-corrected chi connectivity index (χ3v) is 10.1. The van der Waals surface area contributed by atoms with Crippen LogP contribution in [0.4, 0.5) is 0 Å². The first-order valence-electron chi connectivity index (χ1n) is 11.2. The second kappa shape index (κ2) is 16.8. The van der Waals surface area contributed by atoms with Gasteiger partial charge < -0.3 is 20.5 Å². The molecule has 0 aliphatic heterocycles. The van der Waals surface area contributed by atoms with Crippen LogP contribution in [0.1, 0.15) is 41.6 Å². The van der Waals surface area contributed by atoms with Crippen LogP contribution >= 0.6 is 34.0 Å². The number of nitrogens with zero attached hydrogens (tertiary/aromatic N) is 1. The second-order valence-electron chi connectivity index (χ2n) is 9.37. The molecule has 0 bridgehead atoms. The van der Waals surface area contributed by atoms with Crippen molar-refractivity contribution in [3.8, 4) is 10.6 Å². The van der Waals surface area contributed by atoms with Gasteiger partial charge in [0.15, 0.2) is 0 Å². The van der Waals surface area contributed by atoms with E-state index in [1.807, 2.05) is 7.05 Å². The smallest absolute Gasteiger partial charge is 0.327 e. The molecule has 0 saturated carbocycles. The number of carboxylic acid groups (broad SMARTS) is 1. The number of carboxylic acids is 1. The van der Waals surface area contributed by atoms with Crippen molar-refractivity contribution in [1.29, 1.82) is 0 Å². The summed E-state index contributed by atoms with van der Waals surface area (Å²) in [6.07, 6.45) is 7.81. The molecule has 0 spiro atoms. The van der Waals surface area contributed by atoms with Gasteiger partial charge in [0.1, 0.15) is 23.0 Å². The molecule has 36 heavy (non-hydrogen) atoms. The van der Waals surface area contributed by atoms with Crippen molar-refractivity contribution in [3.05, 3.63) is 40.9 Å². The lowest BCUT2D eigenvalue weighted by Crippen LogP contribution is -2.42. The van der Waals surface area contributed by atoms with Crippen LogP contribution < -0.4 is 10.6 Å². The number of carbonyl (C=O) groups excluding carboxylic acids is 2. The number of thiazole rings is 1. The molecule has 11 heteroatoms. The Kier molecular flexibility index (Phi) is 15.9. The number of hydrogen-bond donors (Lipinski definition) is 4. The molecule has 1 heterocycles. The largest absolute Gasteiger partial charge is 0.480 e. The fourth-order valence-electron chi connectivity index (χ4n) is 1.84. The molecule has 1 amide bonds. The number of methoxy groups -OCH3 is 1. The van der Waals surface area contributed by atoms with Gasteiger partial charge in [-0.05, 0) is 30.6 Å². The van der Waals surface area contributed by atoms with Crippen LogP contribution in [0.5, 0.6) is 0 Å². The van der Waals surface area contributed by atoms with Crippen molar-refractivity contribution < 1.29 is 24.2 Å². The monoisotopic (exact) mass is 559 g/mol. The average Bonchev–Trinajstić information content (AvgIpc) is 3.31. The molecular weight excluding hydrogens is 518 g/mol. The highest BCUT2D eigenvalue weighted by Crippen LogP contribution is 2.48. The Balaban J connectivity index is 0.000000721. The van der Waals surface area contributed by atoms with Gasteiger partial charge in [0.2, 0.25) is 0 Å². The van der Waals surface area contributed by atoms with Crippen LogP contribution in [-0.2, 0) is 9.53 Å². The van der Waals surface area contributed by atoms with Crippen molar-refractivity contribution in [2.24, 2.45) is 0 Å². The number of hydrogen-bond acceptors (Lipinski definition) is 8. The number of aldehydes is 1. The lowest BCUT2D eigenvalue weighted by Gasteiger charge is -2.40. The van der Waals surface area contributed by atoms with E-state index in [-0.39, 0.29) is 21.5 Å². The molecule has 0 saturated heterocycles. The van der Waals surface area contributed by atoms with Gasteiger partial charge in [0.05, 0.1) is 6.61 Å². The Labute approximate surface area is 226 Å². The fraction of sp³-hybridized carbons (Fsp3) is 0.520. The molecule has 1 unspecified atom stereocenters. The van der Waals surface area contributed by atoms with Crippen LogP contribution in [0.3, 0.4) is 0 Å². The molecule has 204 valence electrons. The number of likely N-dealkylation sites (N-methyl/N-ethyl adjacent to an activating group) is 1. The van der Waals surface area contributed by atoms with E-state index in [1.165, 1.54) is 11.3 Å². The molecule has 2 rings (SSSR count). The summed E-state index contributed by atoms with van der Waals surface area (Å²) in [6.45, 7) is 8.67. The zero-order valence-electron chi connectivity index (χ0n) is 22.5. The predicted octanol–water partition coefficient (Wildman–Crippen LogP) is 4.07. The lowest BCUT2D eigenvalue weighted by molar-refractivity contribution is -0.138. The van der Waals surface area contributed by atoms with Gasteiger partial charge in [0.25, 0.3) is 5.91 Å². The first kappa shape index (κ1) is 34.1. The molecule has 0 fully saturated rings. The van der Waals surface area contributed by atoms with Crippen LogP contribution in [0.2, 0.25) is 0 Å². The van der Waals surface area contributed by atoms with Crippen molar-refractivity contribution >= 4 is 52.2 Å². The zero-order chi connectivity index (χ0) is 27.9. The number of amides is 1. The molecule has 1 aromatic heterocycles. The third-order valence-electron chi connectivity index (χ3n) is 5.21. The van der Waals surface area contributed by atoms with E-state index in [0.717, 1.165) is 25.0 Å². The third kappa shape index (κ3) is 12.9. The molecular formula is C25H41N3O5S3. The predicted molar refractivity (Wildman–Crippen MR) is 157 cm³/mol. The molecule has 0 aliphatic carbocycles. The number of thiol groups is 1. The minimum Gasteiger partial charge on any atom is -0.480 e. The lowest BCUT2D eigenvalue weighted by atomic mass is 10.1. The van der Waals surface area contributed by atoms with Crippen molar-refractivity contribution in [3.63, 3.8) is 0 Å². The average molecular weight is 560 g/mol. The van der Waals surface area contributed by atoms with Crippen molar-refractivity contribution in [1.82, 2.24) is 15.6 Å². The summed E-state index contributed by atoms with van der Waals surface area (Å²) in [6, 6.07) is 5.72. The van der Waals surface area contributed by atoms with Gasteiger partial charge in [0, 0.05) is 35.9 Å². The summed E-state index contributed by atoms with van der Waals surface area (Å²) in [5.41, 5.74) is 1.47. The molecule has 2 aromatic rings. The minimum absolute atomic E-state index is 0.00871. The van der Waals surface area contributed by atoms with E-state index in [2.05, 4.69) is 67.8 Å². The van der Waals surface area contributed by atoms with Gasteiger partial charge in [-0.1, -0.05) is 45.0 Å². The van der Waals surface area contributed by atoms with Crippen molar-refractivity contribution in [2.75, 3.05) is 51.8 Å². The van der Waals surface area contributed by atoms with E-state index in [4.69, 9.17) is 9.84 Å². The summed E-state index contributed by atoms with van der Waals surface area (Å²) >= 11 is 5.14. The normalized spacial score (nSPS) is 12.2. The van der Waals surface area contributed by atoms with Gasteiger partial charge in [-0.2, -0.15) is 12.6 Å². The minimum atomic E-state index is -1.15. The van der Waals surface area contributed by atoms with Gasteiger partial charge in [-0.15, -0.1) is 11.3 Å². The molecule has 1 atom stereocenters. The summed E-state index contributed by atoms with van der Waals surface area (Å²) in [4.78, 5) is 37.6. The molecule has 1 aromatic carbocycles. The van der Waals surface area contributed by atoms with Crippen LogP contribution in [-0.4, -0.2) is 90.9 Å². The van der Waals surface area contributed by atoms with Gasteiger partial charge in [-0.25, -0.2) is 19.8 Å². The van der Waals surface area contributed by atoms with Crippen LogP contribution in [0.25, 0.3) is 10.6 Å². The molecule has 3 N–H and O–H groups in total. The van der Waals surface area contributed by atoms with E-state index in [1.54, 1.807) is 36.8 Å². The maximum Gasteiger partial charge on any atom is 0.327 e. The van der Waals surface area contributed by atoms with E-state index < -0.39 is 17.9 Å². The van der Waals surface area contributed by atoms with E-state index in [0.29, 0.717) is 15.3 Å². The maximum atomic E-state index is 12.0. The number of ether oxygens (including phenoxy) is 1. The quantitative estimate of drug-likeness (QED) is 0.208. The summed E-state index contributed by atoms with van der Waals surface area (Å²) < 4.78 is 5.24. The van der Waals surface area contributed by atoms with Crippen LogP contribution in [0.15, 0.2) is 29.6 Å². The van der Waals surface area contributed by atoms with Crippen LogP contribution in [0, 0.1) is 0 Å². The Bertz CT molecular complexity index is 920. The molecule has 8 nitrogen and oxygen atoms in total. The summed E-state index contributed by atoms with van der Waals surface area (Å²) in [5, 5.41) is 16.3. The number of rotatable bonds is 9. The number of aromatic nitrogens is 1. The van der Waals surface area contributed by atoms with Crippen molar-refractivity contribution in [2.45, 2.75) is 31.6 Å². The first-order chi connectivity index (χ1) is 16.7. The van der Waals surface area contributed by atoms with Gasteiger partial charge >= 0.3 is 5.97 Å². The Morgan fingerprint density at radius 2 is 1.78 bits per heavy atom. The zero-order valence-corrected chi connectivity index (χ0v) is 25.0. The first-order valence-corrected chi connectivity index (χ1v) is 15.6. The molecule has 0 radical (unpaired) electrons.